The Morgan fingerprint density at radius 1 is 1.48 bits per heavy atom. The van der Waals surface area contributed by atoms with Crippen molar-refractivity contribution in [1.82, 2.24) is 15.1 Å². The summed E-state index contributed by atoms with van der Waals surface area (Å²) in [6.07, 6.45) is 2.36. The Labute approximate surface area is 128 Å². The fourth-order valence-electron chi connectivity index (χ4n) is 2.37. The van der Waals surface area contributed by atoms with Crippen molar-refractivity contribution in [1.29, 1.82) is 0 Å². The number of carbonyl (C=O) groups excluding carboxylic acids is 1. The maximum atomic E-state index is 12.1. The Morgan fingerprint density at radius 2 is 2.33 bits per heavy atom. The summed E-state index contributed by atoms with van der Waals surface area (Å²) in [6, 6.07) is 8.98. The van der Waals surface area contributed by atoms with Crippen molar-refractivity contribution in [3.8, 4) is 0 Å². The first-order valence-corrected chi connectivity index (χ1v) is 7.94. The summed E-state index contributed by atoms with van der Waals surface area (Å²) < 4.78 is 0. The summed E-state index contributed by atoms with van der Waals surface area (Å²) in [4.78, 5) is 14.3. The van der Waals surface area contributed by atoms with Crippen LogP contribution < -0.4 is 5.32 Å². The van der Waals surface area contributed by atoms with Crippen molar-refractivity contribution in [2.45, 2.75) is 32.4 Å². The zero-order valence-electron chi connectivity index (χ0n) is 12.0. The Balaban J connectivity index is 1.61. The van der Waals surface area contributed by atoms with E-state index >= 15 is 0 Å². The van der Waals surface area contributed by atoms with E-state index in [1.807, 2.05) is 0 Å². The maximum Gasteiger partial charge on any atom is 0.240 e. The smallest absolute Gasteiger partial charge is 0.240 e. The number of carbonyl (C=O) groups is 1. The standard InChI is InChI=1S/C15H18N4OS/c1-11-3-2-4-12(7-11)8-19(13-5-6-13)9-14(20)17-15-18-16-10-21-15/h2-4,7,10,13H,5-6,8-9H2,1H3,(H,17,18,20). The lowest BCUT2D eigenvalue weighted by molar-refractivity contribution is -0.117. The van der Waals surface area contributed by atoms with Gasteiger partial charge in [0.2, 0.25) is 11.0 Å². The molecule has 0 bridgehead atoms. The van der Waals surface area contributed by atoms with Gasteiger partial charge in [-0.3, -0.25) is 15.0 Å². The van der Waals surface area contributed by atoms with Gasteiger partial charge in [0.25, 0.3) is 0 Å². The van der Waals surface area contributed by atoms with Crippen LogP contribution >= 0.6 is 11.3 Å². The van der Waals surface area contributed by atoms with Gasteiger partial charge in [0.1, 0.15) is 5.51 Å². The summed E-state index contributed by atoms with van der Waals surface area (Å²) >= 11 is 1.34. The average molecular weight is 302 g/mol. The first-order valence-electron chi connectivity index (χ1n) is 7.06. The quantitative estimate of drug-likeness (QED) is 0.890. The lowest BCUT2D eigenvalue weighted by Gasteiger charge is -2.21. The van der Waals surface area contributed by atoms with Gasteiger partial charge in [-0.2, -0.15) is 0 Å². The van der Waals surface area contributed by atoms with Crippen molar-refractivity contribution < 1.29 is 4.79 Å². The van der Waals surface area contributed by atoms with Gasteiger partial charge in [-0.1, -0.05) is 41.2 Å². The minimum Gasteiger partial charge on any atom is -0.299 e. The van der Waals surface area contributed by atoms with Gasteiger partial charge in [0.05, 0.1) is 6.54 Å². The molecule has 0 radical (unpaired) electrons. The highest BCUT2D eigenvalue weighted by Crippen LogP contribution is 2.28. The predicted octanol–water partition coefficient (Wildman–Crippen LogP) is 2.45. The fraction of sp³-hybridized carbons (Fsp3) is 0.400. The number of nitrogens with one attached hydrogen (secondary N) is 1. The molecule has 0 spiro atoms. The number of aryl methyl sites for hydroxylation is 1. The molecule has 1 amide bonds. The largest absolute Gasteiger partial charge is 0.299 e. The molecule has 5 nitrogen and oxygen atoms in total. The third-order valence-corrected chi connectivity index (χ3v) is 4.09. The summed E-state index contributed by atoms with van der Waals surface area (Å²) in [6.45, 7) is 3.31. The molecule has 6 heteroatoms. The van der Waals surface area contributed by atoms with Crippen LogP contribution in [-0.4, -0.2) is 33.6 Å². The molecule has 1 aliphatic carbocycles. The number of aromatic nitrogens is 2. The minimum absolute atomic E-state index is 0.0219. The minimum atomic E-state index is -0.0219. The van der Waals surface area contributed by atoms with Gasteiger partial charge >= 0.3 is 0 Å². The van der Waals surface area contributed by atoms with Crippen LogP contribution in [0.25, 0.3) is 0 Å². The predicted molar refractivity (Wildman–Crippen MR) is 83.1 cm³/mol. The van der Waals surface area contributed by atoms with Crippen LogP contribution in [0.4, 0.5) is 5.13 Å². The Bertz CT molecular complexity index is 610. The lowest BCUT2D eigenvalue weighted by Crippen LogP contribution is -2.34. The van der Waals surface area contributed by atoms with E-state index in [-0.39, 0.29) is 5.91 Å². The van der Waals surface area contributed by atoms with E-state index in [2.05, 4.69) is 51.6 Å². The Kier molecular flexibility index (Phi) is 4.26. The van der Waals surface area contributed by atoms with Crippen molar-refractivity contribution in [3.05, 3.63) is 40.9 Å². The summed E-state index contributed by atoms with van der Waals surface area (Å²) in [7, 11) is 0. The molecule has 1 aliphatic rings. The highest BCUT2D eigenvalue weighted by Gasteiger charge is 2.30. The van der Waals surface area contributed by atoms with Crippen LogP contribution in [0.3, 0.4) is 0 Å². The van der Waals surface area contributed by atoms with Crippen LogP contribution in [0.1, 0.15) is 24.0 Å². The molecule has 0 unspecified atom stereocenters. The zero-order valence-corrected chi connectivity index (χ0v) is 12.8. The third kappa shape index (κ3) is 4.09. The molecule has 1 saturated carbocycles. The molecule has 21 heavy (non-hydrogen) atoms. The molecule has 1 aromatic heterocycles. The third-order valence-electron chi connectivity index (χ3n) is 3.48. The molecule has 1 aromatic carbocycles. The number of hydrogen-bond acceptors (Lipinski definition) is 5. The SMILES string of the molecule is Cc1cccc(CN(CC(=O)Nc2nncs2)C2CC2)c1. The number of amides is 1. The second-order valence-corrected chi connectivity index (χ2v) is 6.25. The van der Waals surface area contributed by atoms with Gasteiger partial charge in [-0.25, -0.2) is 0 Å². The zero-order chi connectivity index (χ0) is 14.7. The first kappa shape index (κ1) is 14.2. The van der Waals surface area contributed by atoms with Crippen molar-refractivity contribution in [3.63, 3.8) is 0 Å². The molecule has 3 rings (SSSR count). The number of rotatable bonds is 6. The summed E-state index contributed by atoms with van der Waals surface area (Å²) in [5, 5.41) is 10.9. The molecule has 110 valence electrons. The van der Waals surface area contributed by atoms with Gasteiger partial charge < -0.3 is 0 Å². The molecule has 0 saturated heterocycles. The monoisotopic (exact) mass is 302 g/mol. The molecular formula is C15H18N4OS. The van der Waals surface area contributed by atoms with E-state index in [1.165, 1.54) is 35.3 Å². The van der Waals surface area contributed by atoms with Crippen molar-refractivity contribution in [2.24, 2.45) is 0 Å². The van der Waals surface area contributed by atoms with Gasteiger partial charge in [-0.15, -0.1) is 10.2 Å². The number of nitrogens with zero attached hydrogens (tertiary/aromatic N) is 3. The Hall–Kier alpha value is -1.79. The van der Waals surface area contributed by atoms with Crippen LogP contribution in [-0.2, 0) is 11.3 Å². The van der Waals surface area contributed by atoms with Crippen LogP contribution in [0, 0.1) is 6.92 Å². The highest BCUT2D eigenvalue weighted by atomic mass is 32.1. The van der Waals surface area contributed by atoms with Crippen LogP contribution in [0.2, 0.25) is 0 Å². The molecule has 2 aromatic rings. The molecule has 1 fully saturated rings. The molecule has 0 aliphatic heterocycles. The molecular weight excluding hydrogens is 284 g/mol. The number of hydrogen-bond donors (Lipinski definition) is 1. The Morgan fingerprint density at radius 3 is 3.00 bits per heavy atom. The van der Waals surface area contributed by atoms with Crippen molar-refractivity contribution in [2.75, 3.05) is 11.9 Å². The van der Waals surface area contributed by atoms with E-state index in [0.717, 1.165) is 6.54 Å². The lowest BCUT2D eigenvalue weighted by atomic mass is 10.1. The summed E-state index contributed by atoms with van der Waals surface area (Å²) in [5.74, 6) is -0.0219. The second kappa shape index (κ2) is 6.32. The maximum absolute atomic E-state index is 12.1. The van der Waals surface area contributed by atoms with E-state index in [4.69, 9.17) is 0 Å². The van der Waals surface area contributed by atoms with E-state index in [0.29, 0.717) is 17.7 Å². The first-order chi connectivity index (χ1) is 10.2. The fourth-order valence-corrected chi connectivity index (χ4v) is 2.83. The van der Waals surface area contributed by atoms with E-state index in [1.54, 1.807) is 5.51 Å². The van der Waals surface area contributed by atoms with Gasteiger partial charge in [0, 0.05) is 12.6 Å². The van der Waals surface area contributed by atoms with E-state index < -0.39 is 0 Å². The topological polar surface area (TPSA) is 58.1 Å². The molecule has 1 N–H and O–H groups in total. The van der Waals surface area contributed by atoms with E-state index in [9.17, 15) is 4.79 Å². The van der Waals surface area contributed by atoms with Crippen molar-refractivity contribution >= 4 is 22.4 Å². The van der Waals surface area contributed by atoms with Gasteiger partial charge in [-0.05, 0) is 25.3 Å². The molecule has 0 atom stereocenters. The average Bonchev–Trinajstić information content (AvgIpc) is 3.17. The number of anilines is 1. The molecule has 1 heterocycles. The van der Waals surface area contributed by atoms with Gasteiger partial charge in [0.15, 0.2) is 0 Å². The normalized spacial score (nSPS) is 14.4. The van der Waals surface area contributed by atoms with Crippen LogP contribution in [0.15, 0.2) is 29.8 Å². The van der Waals surface area contributed by atoms with Crippen LogP contribution in [0.5, 0.6) is 0 Å². The number of benzene rings is 1. The second-order valence-electron chi connectivity index (χ2n) is 5.42. The summed E-state index contributed by atoms with van der Waals surface area (Å²) in [5.41, 5.74) is 4.12. The highest BCUT2D eigenvalue weighted by molar-refractivity contribution is 7.13.